The highest BCUT2D eigenvalue weighted by molar-refractivity contribution is 8.00. The van der Waals surface area contributed by atoms with E-state index < -0.39 is 11.2 Å². The molecule has 0 aliphatic rings. The van der Waals surface area contributed by atoms with Gasteiger partial charge in [-0.15, -0.1) is 0 Å². The maximum atomic E-state index is 11.7. The molecule has 0 fully saturated rings. The first kappa shape index (κ1) is 15.8. The summed E-state index contributed by atoms with van der Waals surface area (Å²) in [6, 6.07) is 16.7. The number of benzene rings is 2. The summed E-state index contributed by atoms with van der Waals surface area (Å²) in [7, 11) is 0. The van der Waals surface area contributed by atoms with Crippen molar-refractivity contribution in [2.24, 2.45) is 0 Å². The molecule has 0 radical (unpaired) electrons. The van der Waals surface area contributed by atoms with Crippen LogP contribution in [0.15, 0.2) is 59.6 Å². The van der Waals surface area contributed by atoms with Gasteiger partial charge in [-0.25, -0.2) is 4.98 Å². The van der Waals surface area contributed by atoms with E-state index in [0.717, 1.165) is 27.1 Å². The molecule has 1 heterocycles. The topological polar surface area (TPSA) is 50.2 Å². The summed E-state index contributed by atoms with van der Waals surface area (Å²) >= 11 is 7.26. The van der Waals surface area contributed by atoms with Crippen LogP contribution in [0.5, 0.6) is 0 Å². The number of carboxylic acids is 1. The largest absolute Gasteiger partial charge is 0.480 e. The van der Waals surface area contributed by atoms with Gasteiger partial charge >= 0.3 is 5.97 Å². The maximum Gasteiger partial charge on any atom is 0.321 e. The third-order valence-corrected chi connectivity index (χ3v) is 5.06. The average molecular weight is 344 g/mol. The van der Waals surface area contributed by atoms with E-state index in [1.807, 2.05) is 55.5 Å². The fraction of sp³-hybridized carbons (Fsp3) is 0.111. The monoisotopic (exact) mass is 343 g/mol. The molecule has 0 aliphatic carbocycles. The zero-order chi connectivity index (χ0) is 16.4. The fourth-order valence-electron chi connectivity index (χ4n) is 2.36. The number of rotatable bonds is 4. The Morgan fingerprint density at radius 3 is 2.61 bits per heavy atom. The Morgan fingerprint density at radius 2 is 1.91 bits per heavy atom. The molecule has 0 saturated carbocycles. The van der Waals surface area contributed by atoms with Crippen molar-refractivity contribution in [1.29, 1.82) is 0 Å². The molecular weight excluding hydrogens is 330 g/mol. The third-order valence-electron chi connectivity index (χ3n) is 3.48. The third kappa shape index (κ3) is 3.49. The number of aromatic nitrogens is 1. The highest BCUT2D eigenvalue weighted by Gasteiger charge is 2.22. The lowest BCUT2D eigenvalue weighted by molar-refractivity contribution is -0.136. The van der Waals surface area contributed by atoms with Crippen LogP contribution in [-0.4, -0.2) is 16.1 Å². The molecule has 0 amide bonds. The molecule has 2 aromatic carbocycles. The molecule has 23 heavy (non-hydrogen) atoms. The second-order valence-electron chi connectivity index (χ2n) is 5.19. The van der Waals surface area contributed by atoms with Gasteiger partial charge in [0, 0.05) is 10.4 Å². The number of aliphatic carboxylic acids is 1. The van der Waals surface area contributed by atoms with E-state index in [1.165, 1.54) is 11.8 Å². The normalized spacial score (nSPS) is 12.3. The van der Waals surface area contributed by atoms with Gasteiger partial charge in [-0.3, -0.25) is 4.79 Å². The van der Waals surface area contributed by atoms with Crippen molar-refractivity contribution < 1.29 is 9.90 Å². The molecule has 3 rings (SSSR count). The predicted octanol–water partition coefficient (Wildman–Crippen LogP) is 5.11. The molecule has 1 unspecified atom stereocenters. The molecule has 0 spiro atoms. The number of nitrogens with zero attached hydrogens (tertiary/aromatic N) is 1. The highest BCUT2D eigenvalue weighted by Crippen LogP contribution is 2.37. The second kappa shape index (κ2) is 6.60. The molecular formula is C18H14ClNO2S. The smallest absolute Gasteiger partial charge is 0.321 e. The number of thioether (sulfide) groups is 1. The van der Waals surface area contributed by atoms with E-state index in [0.29, 0.717) is 5.02 Å². The number of carbonyl (C=O) groups is 1. The van der Waals surface area contributed by atoms with Gasteiger partial charge in [0.25, 0.3) is 0 Å². The summed E-state index contributed by atoms with van der Waals surface area (Å²) in [5.41, 5.74) is 2.49. The van der Waals surface area contributed by atoms with Crippen molar-refractivity contribution in [3.63, 3.8) is 0 Å². The minimum absolute atomic E-state index is 0.659. The summed E-state index contributed by atoms with van der Waals surface area (Å²) in [6.45, 7) is 1.93. The summed E-state index contributed by atoms with van der Waals surface area (Å²) in [4.78, 5) is 16.3. The van der Waals surface area contributed by atoms with Crippen LogP contribution in [-0.2, 0) is 4.79 Å². The molecule has 3 nitrogen and oxygen atoms in total. The average Bonchev–Trinajstić information content (AvgIpc) is 2.53. The first-order chi connectivity index (χ1) is 11.0. The van der Waals surface area contributed by atoms with Gasteiger partial charge in [0.15, 0.2) is 0 Å². The van der Waals surface area contributed by atoms with Gasteiger partial charge in [0.1, 0.15) is 10.3 Å². The number of carboxylic acid groups (broad SMARTS) is 1. The van der Waals surface area contributed by atoms with Crippen LogP contribution in [0.3, 0.4) is 0 Å². The van der Waals surface area contributed by atoms with Crippen LogP contribution >= 0.6 is 23.4 Å². The molecule has 0 saturated heterocycles. The summed E-state index contributed by atoms with van der Waals surface area (Å²) < 4.78 is 0. The van der Waals surface area contributed by atoms with Gasteiger partial charge in [-0.2, -0.15) is 0 Å². The van der Waals surface area contributed by atoms with Gasteiger partial charge in [0.2, 0.25) is 0 Å². The predicted molar refractivity (Wildman–Crippen MR) is 94.2 cm³/mol. The van der Waals surface area contributed by atoms with E-state index in [4.69, 9.17) is 11.6 Å². The van der Waals surface area contributed by atoms with Gasteiger partial charge in [-0.1, -0.05) is 53.7 Å². The zero-order valence-corrected chi connectivity index (χ0v) is 13.9. The lowest BCUT2D eigenvalue weighted by atomic mass is 10.1. The first-order valence-electron chi connectivity index (χ1n) is 7.06. The quantitative estimate of drug-likeness (QED) is 0.668. The molecule has 1 atom stereocenters. The van der Waals surface area contributed by atoms with Gasteiger partial charge in [-0.05, 0) is 42.3 Å². The standard InChI is InChI=1S/C18H14ClNO2S/c1-11-9-13-10-14(19)7-8-15(13)20-17(11)23-16(18(21)22)12-5-3-2-4-6-12/h2-10,16H,1H3,(H,21,22). The second-order valence-corrected chi connectivity index (χ2v) is 6.72. The molecule has 116 valence electrons. The van der Waals surface area contributed by atoms with E-state index in [9.17, 15) is 9.90 Å². The minimum atomic E-state index is -0.876. The zero-order valence-electron chi connectivity index (χ0n) is 12.4. The number of pyridine rings is 1. The van der Waals surface area contributed by atoms with Gasteiger partial charge in [0.05, 0.1) is 5.52 Å². The Morgan fingerprint density at radius 1 is 1.17 bits per heavy atom. The number of fused-ring (bicyclic) bond motifs is 1. The molecule has 1 aromatic heterocycles. The first-order valence-corrected chi connectivity index (χ1v) is 8.31. The van der Waals surface area contributed by atoms with Crippen LogP contribution < -0.4 is 0 Å². The number of aryl methyl sites for hydroxylation is 1. The SMILES string of the molecule is Cc1cc2cc(Cl)ccc2nc1SC(C(=O)O)c1ccccc1. The highest BCUT2D eigenvalue weighted by atomic mass is 35.5. The molecule has 1 N–H and O–H groups in total. The van der Waals surface area contributed by atoms with Crippen molar-refractivity contribution in [3.05, 3.63) is 70.7 Å². The number of hydrogen-bond acceptors (Lipinski definition) is 3. The molecule has 0 aliphatic heterocycles. The van der Waals surface area contributed by atoms with Crippen LogP contribution in [0.1, 0.15) is 16.4 Å². The lowest BCUT2D eigenvalue weighted by Crippen LogP contribution is -2.08. The van der Waals surface area contributed by atoms with Crippen molar-refractivity contribution in [1.82, 2.24) is 4.98 Å². The van der Waals surface area contributed by atoms with E-state index in [-0.39, 0.29) is 0 Å². The molecule has 0 bridgehead atoms. The van der Waals surface area contributed by atoms with Crippen molar-refractivity contribution in [3.8, 4) is 0 Å². The van der Waals surface area contributed by atoms with Crippen molar-refractivity contribution in [2.45, 2.75) is 17.2 Å². The maximum absolute atomic E-state index is 11.7. The Labute approximate surface area is 143 Å². The van der Waals surface area contributed by atoms with Crippen LogP contribution in [0.2, 0.25) is 5.02 Å². The van der Waals surface area contributed by atoms with E-state index in [2.05, 4.69) is 4.98 Å². The van der Waals surface area contributed by atoms with Crippen LogP contribution in [0.25, 0.3) is 10.9 Å². The Kier molecular flexibility index (Phi) is 4.55. The van der Waals surface area contributed by atoms with E-state index in [1.54, 1.807) is 6.07 Å². The summed E-state index contributed by atoms with van der Waals surface area (Å²) in [5.74, 6) is -0.876. The molecule has 5 heteroatoms. The fourth-order valence-corrected chi connectivity index (χ4v) is 3.55. The van der Waals surface area contributed by atoms with Gasteiger partial charge < -0.3 is 5.11 Å². The summed E-state index contributed by atoms with van der Waals surface area (Å²) in [5, 5.41) is 11.2. The number of hydrogen-bond donors (Lipinski definition) is 1. The molecule has 3 aromatic rings. The number of halogens is 1. The minimum Gasteiger partial charge on any atom is -0.480 e. The Balaban J connectivity index is 2.00. The van der Waals surface area contributed by atoms with Crippen molar-refractivity contribution in [2.75, 3.05) is 0 Å². The summed E-state index contributed by atoms with van der Waals surface area (Å²) in [6.07, 6.45) is 0. The van der Waals surface area contributed by atoms with Crippen LogP contribution in [0, 0.1) is 6.92 Å². The van der Waals surface area contributed by atoms with E-state index >= 15 is 0 Å². The Hall–Kier alpha value is -2.04. The Bertz CT molecular complexity index is 868. The van der Waals surface area contributed by atoms with Crippen molar-refractivity contribution >= 4 is 40.2 Å². The lowest BCUT2D eigenvalue weighted by Gasteiger charge is -2.14. The van der Waals surface area contributed by atoms with Crippen LogP contribution in [0.4, 0.5) is 0 Å².